The van der Waals surface area contributed by atoms with E-state index in [1.165, 1.54) is 0 Å². The molecule has 0 bridgehead atoms. The highest BCUT2D eigenvalue weighted by atomic mass is 32.1. The van der Waals surface area contributed by atoms with Crippen LogP contribution in [-0.2, 0) is 0 Å². The van der Waals surface area contributed by atoms with Crippen molar-refractivity contribution in [3.63, 3.8) is 0 Å². The zero-order chi connectivity index (χ0) is 23.4. The average molecular weight is 460 g/mol. The van der Waals surface area contributed by atoms with Gasteiger partial charge in [0.2, 0.25) is 0 Å². The maximum Gasteiger partial charge on any atom is 0.257 e. The summed E-state index contributed by atoms with van der Waals surface area (Å²) in [5, 5.41) is 15.1. The number of aryl methyl sites for hydroxylation is 1. The van der Waals surface area contributed by atoms with Crippen LogP contribution in [0.1, 0.15) is 36.2 Å². The molecular weight excluding hydrogens is 434 g/mol. The number of carbonyl (C=O) groups excluding carboxylic acids is 1. The molecule has 0 fully saturated rings. The number of nitrogens with zero attached hydrogens (tertiary/aromatic N) is 3. The molecule has 4 aromatic rings. The van der Waals surface area contributed by atoms with Crippen LogP contribution < -0.4 is 15.4 Å². The molecule has 0 aliphatic carbocycles. The highest BCUT2D eigenvalue weighted by Crippen LogP contribution is 2.22. The summed E-state index contributed by atoms with van der Waals surface area (Å²) in [6, 6.07) is 20.5. The summed E-state index contributed by atoms with van der Waals surface area (Å²) >= 11 is 5.37. The van der Waals surface area contributed by atoms with Gasteiger partial charge in [0.1, 0.15) is 16.8 Å². The first-order chi connectivity index (χ1) is 15.9. The van der Waals surface area contributed by atoms with E-state index in [0.29, 0.717) is 5.56 Å². The van der Waals surface area contributed by atoms with E-state index in [2.05, 4.69) is 27.8 Å². The quantitative estimate of drug-likeness (QED) is 0.394. The molecular formula is C25H25N5O2S. The highest BCUT2D eigenvalue weighted by molar-refractivity contribution is 7.80. The van der Waals surface area contributed by atoms with Crippen LogP contribution in [0.25, 0.3) is 16.7 Å². The third kappa shape index (κ3) is 5.35. The number of ether oxygens (including phenoxy) is 1. The maximum absolute atomic E-state index is 12.6. The van der Waals surface area contributed by atoms with Crippen molar-refractivity contribution < 1.29 is 9.53 Å². The van der Waals surface area contributed by atoms with Crippen LogP contribution in [0.2, 0.25) is 0 Å². The smallest absolute Gasteiger partial charge is 0.257 e. The number of benzene rings is 3. The van der Waals surface area contributed by atoms with Crippen LogP contribution >= 0.6 is 12.2 Å². The van der Waals surface area contributed by atoms with Gasteiger partial charge in [-0.25, -0.2) is 0 Å². The summed E-state index contributed by atoms with van der Waals surface area (Å²) in [4.78, 5) is 14.2. The normalized spacial score (nSPS) is 11.7. The van der Waals surface area contributed by atoms with Crippen LogP contribution in [0.15, 0.2) is 66.7 Å². The lowest BCUT2D eigenvalue weighted by molar-refractivity contribution is 0.0977. The second kappa shape index (κ2) is 9.79. The molecule has 2 N–H and O–H groups in total. The minimum Gasteiger partial charge on any atom is -0.491 e. The van der Waals surface area contributed by atoms with E-state index in [4.69, 9.17) is 17.0 Å². The van der Waals surface area contributed by atoms with Crippen molar-refractivity contribution >= 4 is 40.0 Å². The van der Waals surface area contributed by atoms with Gasteiger partial charge < -0.3 is 10.1 Å². The first kappa shape index (κ1) is 22.4. The van der Waals surface area contributed by atoms with E-state index in [9.17, 15) is 4.79 Å². The molecule has 0 radical (unpaired) electrons. The third-order valence-electron chi connectivity index (χ3n) is 5.22. The van der Waals surface area contributed by atoms with Crippen LogP contribution in [0.5, 0.6) is 5.75 Å². The fourth-order valence-corrected chi connectivity index (χ4v) is 3.41. The first-order valence-corrected chi connectivity index (χ1v) is 11.2. The Labute approximate surface area is 197 Å². The monoisotopic (exact) mass is 459 g/mol. The minimum absolute atomic E-state index is 0.122. The molecule has 3 aromatic carbocycles. The van der Waals surface area contributed by atoms with Crippen molar-refractivity contribution in [2.75, 3.05) is 5.32 Å². The van der Waals surface area contributed by atoms with Gasteiger partial charge >= 0.3 is 0 Å². The Kier molecular flexibility index (Phi) is 6.65. The second-order valence-corrected chi connectivity index (χ2v) is 8.16. The van der Waals surface area contributed by atoms with E-state index < -0.39 is 0 Å². The van der Waals surface area contributed by atoms with E-state index in [0.717, 1.165) is 40.1 Å². The average Bonchev–Trinajstić information content (AvgIpc) is 3.23. The molecule has 0 unspecified atom stereocenters. The molecule has 1 amide bonds. The lowest BCUT2D eigenvalue weighted by atomic mass is 10.2. The van der Waals surface area contributed by atoms with Gasteiger partial charge in [-0.1, -0.05) is 25.1 Å². The van der Waals surface area contributed by atoms with E-state index in [-0.39, 0.29) is 17.1 Å². The Balaban J connectivity index is 1.44. The molecule has 0 aliphatic rings. The van der Waals surface area contributed by atoms with Gasteiger partial charge in [-0.05, 0) is 86.6 Å². The number of aromatic nitrogens is 3. The zero-order valence-electron chi connectivity index (χ0n) is 18.7. The summed E-state index contributed by atoms with van der Waals surface area (Å²) in [7, 11) is 0. The molecule has 1 heterocycles. The highest BCUT2D eigenvalue weighted by Gasteiger charge is 2.12. The van der Waals surface area contributed by atoms with Crippen LogP contribution in [0, 0.1) is 6.92 Å². The standard InChI is InChI=1S/C25H25N5O2S/c1-4-17(3)32-20-12-10-18(11-13-20)24(31)27-25(33)26-21-15-23-22(14-16(21)2)28-30(29-23)19-8-6-5-7-9-19/h5-15,17H,4H2,1-3H3,(H2,26,27,31,33)/t17-/m0/s1. The lowest BCUT2D eigenvalue weighted by Crippen LogP contribution is -2.34. The number of thiocarbonyl (C=S) groups is 1. The number of carbonyl (C=O) groups is 1. The number of anilines is 1. The number of rotatable bonds is 6. The van der Waals surface area contributed by atoms with Gasteiger partial charge in [0.15, 0.2) is 5.11 Å². The summed E-state index contributed by atoms with van der Waals surface area (Å²) < 4.78 is 5.75. The SMILES string of the molecule is CC[C@H](C)Oc1ccc(C(=O)NC(=S)Nc2cc3nn(-c4ccccc4)nc3cc2C)cc1. The van der Waals surface area contributed by atoms with E-state index >= 15 is 0 Å². The van der Waals surface area contributed by atoms with Crippen molar-refractivity contribution in [2.45, 2.75) is 33.3 Å². The molecule has 0 saturated heterocycles. The topological polar surface area (TPSA) is 81.1 Å². The van der Waals surface area contributed by atoms with Gasteiger partial charge in [-0.3, -0.25) is 10.1 Å². The van der Waals surface area contributed by atoms with Gasteiger partial charge in [-0.15, -0.1) is 10.2 Å². The number of hydrogen-bond donors (Lipinski definition) is 2. The zero-order valence-corrected chi connectivity index (χ0v) is 19.5. The van der Waals surface area contributed by atoms with Crippen molar-refractivity contribution in [2.24, 2.45) is 0 Å². The van der Waals surface area contributed by atoms with Gasteiger partial charge in [-0.2, -0.15) is 4.80 Å². The largest absolute Gasteiger partial charge is 0.491 e. The molecule has 0 aliphatic heterocycles. The molecule has 1 atom stereocenters. The van der Waals surface area contributed by atoms with Crippen molar-refractivity contribution in [3.05, 3.63) is 77.9 Å². The first-order valence-electron chi connectivity index (χ1n) is 10.7. The fourth-order valence-electron chi connectivity index (χ4n) is 3.21. The van der Waals surface area contributed by atoms with Crippen molar-refractivity contribution in [1.29, 1.82) is 0 Å². The molecule has 8 heteroatoms. The van der Waals surface area contributed by atoms with Crippen LogP contribution in [0.4, 0.5) is 5.69 Å². The number of nitrogens with one attached hydrogen (secondary N) is 2. The summed E-state index contributed by atoms with van der Waals surface area (Å²) in [6.07, 6.45) is 1.03. The Morgan fingerprint density at radius 1 is 1.06 bits per heavy atom. The molecule has 168 valence electrons. The van der Waals surface area contributed by atoms with Crippen LogP contribution in [-0.4, -0.2) is 32.1 Å². The van der Waals surface area contributed by atoms with Gasteiger partial charge in [0.05, 0.1) is 11.8 Å². The molecule has 4 rings (SSSR count). The van der Waals surface area contributed by atoms with E-state index in [1.807, 2.05) is 56.3 Å². The van der Waals surface area contributed by atoms with Crippen molar-refractivity contribution in [3.8, 4) is 11.4 Å². The maximum atomic E-state index is 12.6. The molecule has 7 nitrogen and oxygen atoms in total. The fraction of sp³-hybridized carbons (Fsp3) is 0.200. The molecule has 33 heavy (non-hydrogen) atoms. The van der Waals surface area contributed by atoms with Gasteiger partial charge in [0.25, 0.3) is 5.91 Å². The van der Waals surface area contributed by atoms with Crippen molar-refractivity contribution in [1.82, 2.24) is 20.3 Å². The molecule has 1 aromatic heterocycles. The number of amides is 1. The minimum atomic E-state index is -0.295. The Morgan fingerprint density at radius 3 is 2.39 bits per heavy atom. The predicted octanol–water partition coefficient (Wildman–Crippen LogP) is 5.03. The third-order valence-corrected chi connectivity index (χ3v) is 5.42. The Bertz CT molecular complexity index is 1290. The van der Waals surface area contributed by atoms with Gasteiger partial charge in [0, 0.05) is 11.3 Å². The predicted molar refractivity (Wildman–Crippen MR) is 134 cm³/mol. The Hall–Kier alpha value is -3.78. The van der Waals surface area contributed by atoms with E-state index in [1.54, 1.807) is 29.1 Å². The lowest BCUT2D eigenvalue weighted by Gasteiger charge is -2.13. The number of para-hydroxylation sites is 1. The second-order valence-electron chi connectivity index (χ2n) is 7.75. The number of hydrogen-bond acceptors (Lipinski definition) is 5. The summed E-state index contributed by atoms with van der Waals surface area (Å²) in [5.74, 6) is 0.436. The summed E-state index contributed by atoms with van der Waals surface area (Å²) in [5.41, 5.74) is 4.56. The number of fused-ring (bicyclic) bond motifs is 1. The van der Waals surface area contributed by atoms with Crippen LogP contribution in [0.3, 0.4) is 0 Å². The summed E-state index contributed by atoms with van der Waals surface area (Å²) in [6.45, 7) is 6.02. The molecule has 0 saturated carbocycles. The molecule has 0 spiro atoms. The Morgan fingerprint density at radius 2 is 1.73 bits per heavy atom.